The molecule has 11 heteroatoms. The molecule has 0 spiro atoms. The Morgan fingerprint density at radius 1 is 1.33 bits per heavy atom. The number of pyridine rings is 1. The van der Waals surface area contributed by atoms with Crippen LogP contribution in [0.15, 0.2) is 18.3 Å². The molecule has 0 bridgehead atoms. The van der Waals surface area contributed by atoms with E-state index in [0.29, 0.717) is 29.8 Å². The Morgan fingerprint density at radius 3 is 2.76 bits per heavy atom. The van der Waals surface area contributed by atoms with Crippen LogP contribution in [0.4, 0.5) is 26.1 Å². The van der Waals surface area contributed by atoms with Crippen molar-refractivity contribution in [2.24, 2.45) is 0 Å². The monoisotopic (exact) mass is 464 g/mol. The first-order chi connectivity index (χ1) is 15.5. The van der Waals surface area contributed by atoms with E-state index in [1.54, 1.807) is 19.1 Å². The summed E-state index contributed by atoms with van der Waals surface area (Å²) in [5.74, 6) is -3.25. The summed E-state index contributed by atoms with van der Waals surface area (Å²) in [4.78, 5) is 25.7. The molecule has 0 aliphatic carbocycles. The van der Waals surface area contributed by atoms with E-state index in [2.05, 4.69) is 44.3 Å². The van der Waals surface area contributed by atoms with Crippen LogP contribution in [0.1, 0.15) is 39.2 Å². The second-order valence-corrected chi connectivity index (χ2v) is 8.37. The van der Waals surface area contributed by atoms with E-state index in [1.807, 2.05) is 0 Å². The molecule has 1 atom stereocenters. The van der Waals surface area contributed by atoms with E-state index in [-0.39, 0.29) is 30.3 Å². The van der Waals surface area contributed by atoms with Crippen LogP contribution in [0.5, 0.6) is 5.75 Å². The number of rotatable bonds is 8. The van der Waals surface area contributed by atoms with Gasteiger partial charge in [-0.3, -0.25) is 9.69 Å². The fourth-order valence-corrected chi connectivity index (χ4v) is 3.37. The van der Waals surface area contributed by atoms with Crippen molar-refractivity contribution in [3.63, 3.8) is 0 Å². The Morgan fingerprint density at radius 2 is 2.09 bits per heavy atom. The van der Waals surface area contributed by atoms with Crippen molar-refractivity contribution in [3.05, 3.63) is 29.8 Å². The fourth-order valence-electron chi connectivity index (χ4n) is 3.37. The van der Waals surface area contributed by atoms with Crippen molar-refractivity contribution in [2.75, 3.05) is 36.9 Å². The Labute approximate surface area is 191 Å². The van der Waals surface area contributed by atoms with Crippen LogP contribution in [0.25, 0.3) is 0 Å². The Bertz CT molecular complexity index is 983. The van der Waals surface area contributed by atoms with Gasteiger partial charge in [0.25, 0.3) is 0 Å². The molecule has 0 aromatic carbocycles. The van der Waals surface area contributed by atoms with Crippen molar-refractivity contribution in [2.45, 2.75) is 52.7 Å². The number of nitrogens with one attached hydrogen (secondary N) is 2. The van der Waals surface area contributed by atoms with E-state index >= 15 is 0 Å². The summed E-state index contributed by atoms with van der Waals surface area (Å²) in [5.41, 5.74) is 0.792. The summed E-state index contributed by atoms with van der Waals surface area (Å²) < 4.78 is 39.4. The zero-order chi connectivity index (χ0) is 24.2. The molecule has 3 heterocycles. The van der Waals surface area contributed by atoms with Crippen LogP contribution < -0.4 is 15.4 Å². The first-order valence-electron chi connectivity index (χ1n) is 10.8. The van der Waals surface area contributed by atoms with E-state index < -0.39 is 11.7 Å². The average molecular weight is 465 g/mol. The minimum Gasteiger partial charge on any atom is -0.487 e. The van der Waals surface area contributed by atoms with Gasteiger partial charge in [-0.15, -0.1) is 0 Å². The van der Waals surface area contributed by atoms with E-state index in [9.17, 15) is 13.6 Å². The second kappa shape index (κ2) is 10.3. The summed E-state index contributed by atoms with van der Waals surface area (Å²) in [5, 5.41) is 5.60. The van der Waals surface area contributed by atoms with Crippen molar-refractivity contribution < 1.29 is 23.0 Å². The van der Waals surface area contributed by atoms with Crippen molar-refractivity contribution >= 4 is 23.2 Å². The van der Waals surface area contributed by atoms with E-state index in [0.717, 1.165) is 20.0 Å². The second-order valence-electron chi connectivity index (χ2n) is 8.37. The highest BCUT2D eigenvalue weighted by Crippen LogP contribution is 2.31. The van der Waals surface area contributed by atoms with Crippen molar-refractivity contribution in [1.29, 1.82) is 0 Å². The zero-order valence-electron chi connectivity index (χ0n) is 19.5. The predicted molar refractivity (Wildman–Crippen MR) is 120 cm³/mol. The lowest BCUT2D eigenvalue weighted by Crippen LogP contribution is -2.47. The SMILES string of the molecule is CC(=O)Nc1cc(Nc2cc(C)nc(C(C)(F)F)n2)c(OC[C@H]2CN(C(C)C)CCO2)cn1. The van der Waals surface area contributed by atoms with Crippen LogP contribution in [-0.4, -0.2) is 64.2 Å². The molecule has 1 saturated heterocycles. The summed E-state index contributed by atoms with van der Waals surface area (Å²) >= 11 is 0. The lowest BCUT2D eigenvalue weighted by Gasteiger charge is -2.35. The molecule has 0 unspecified atom stereocenters. The molecule has 180 valence electrons. The molecule has 3 rings (SSSR count). The van der Waals surface area contributed by atoms with Gasteiger partial charge in [-0.05, 0) is 20.8 Å². The standard InChI is InChI=1S/C22H30F2N6O3/c1-13(2)30-6-7-32-16(11-30)12-33-18-10-25-19(27-15(4)31)9-17(18)28-20-8-14(3)26-21(29-20)22(5,23)24/h8-10,13,16H,6-7,11-12H2,1-5H3,(H2,25,26,27,28,29,31)/t16-/m1/s1. The largest absolute Gasteiger partial charge is 0.487 e. The number of morpholine rings is 1. The maximum atomic E-state index is 13.8. The van der Waals surface area contributed by atoms with Crippen molar-refractivity contribution in [1.82, 2.24) is 19.9 Å². The number of aromatic nitrogens is 3. The smallest absolute Gasteiger partial charge is 0.303 e. The molecular formula is C22H30F2N6O3. The van der Waals surface area contributed by atoms with E-state index in [4.69, 9.17) is 9.47 Å². The fraction of sp³-hybridized carbons (Fsp3) is 0.545. The number of aryl methyl sites for hydroxylation is 1. The maximum Gasteiger partial charge on any atom is 0.303 e. The van der Waals surface area contributed by atoms with Crippen LogP contribution in [0.3, 0.4) is 0 Å². The first kappa shape index (κ1) is 24.7. The number of nitrogens with zero attached hydrogens (tertiary/aromatic N) is 4. The van der Waals surface area contributed by atoms with Gasteiger partial charge in [-0.2, -0.15) is 8.78 Å². The molecular weight excluding hydrogens is 434 g/mol. The molecule has 1 aliphatic heterocycles. The van der Waals surface area contributed by atoms with Gasteiger partial charge in [-0.25, -0.2) is 15.0 Å². The van der Waals surface area contributed by atoms with Gasteiger partial charge in [0.15, 0.2) is 5.75 Å². The number of carbonyl (C=O) groups is 1. The summed E-state index contributed by atoms with van der Waals surface area (Å²) in [6, 6.07) is 3.50. The average Bonchev–Trinajstić information content (AvgIpc) is 2.72. The quantitative estimate of drug-likeness (QED) is 0.612. The lowest BCUT2D eigenvalue weighted by atomic mass is 10.2. The highest BCUT2D eigenvalue weighted by Gasteiger charge is 2.29. The topological polar surface area (TPSA) is 102 Å². The number of hydrogen-bond donors (Lipinski definition) is 2. The number of amides is 1. The predicted octanol–water partition coefficient (Wildman–Crippen LogP) is 3.48. The lowest BCUT2D eigenvalue weighted by molar-refractivity contribution is -0.114. The summed E-state index contributed by atoms with van der Waals surface area (Å²) in [6.07, 6.45) is 1.33. The third-order valence-electron chi connectivity index (χ3n) is 5.01. The van der Waals surface area contributed by atoms with Gasteiger partial charge in [0.2, 0.25) is 11.7 Å². The molecule has 2 N–H and O–H groups in total. The molecule has 2 aromatic heterocycles. The van der Waals surface area contributed by atoms with Gasteiger partial charge in [-0.1, -0.05) is 0 Å². The molecule has 0 saturated carbocycles. The number of alkyl halides is 2. The normalized spacial score (nSPS) is 17.2. The molecule has 1 amide bonds. The molecule has 0 radical (unpaired) electrons. The third-order valence-corrected chi connectivity index (χ3v) is 5.01. The van der Waals surface area contributed by atoms with Gasteiger partial charge < -0.3 is 20.1 Å². The van der Waals surface area contributed by atoms with Crippen LogP contribution in [0, 0.1) is 6.92 Å². The summed E-state index contributed by atoms with van der Waals surface area (Å²) in [6.45, 7) is 10.5. The third kappa shape index (κ3) is 7.03. The number of anilines is 3. The van der Waals surface area contributed by atoms with Gasteiger partial charge in [0.1, 0.15) is 24.3 Å². The number of ether oxygens (including phenoxy) is 2. The minimum absolute atomic E-state index is 0.129. The molecule has 9 nitrogen and oxygen atoms in total. The van der Waals surface area contributed by atoms with E-state index in [1.165, 1.54) is 13.1 Å². The van der Waals surface area contributed by atoms with Crippen LogP contribution in [0.2, 0.25) is 0 Å². The van der Waals surface area contributed by atoms with Crippen molar-refractivity contribution in [3.8, 4) is 5.75 Å². The molecule has 2 aromatic rings. The van der Waals surface area contributed by atoms with Gasteiger partial charge in [0, 0.05) is 50.8 Å². The van der Waals surface area contributed by atoms with Gasteiger partial charge in [0.05, 0.1) is 18.5 Å². The number of carbonyl (C=O) groups excluding carboxylic acids is 1. The molecule has 1 fully saturated rings. The highest BCUT2D eigenvalue weighted by atomic mass is 19.3. The molecule has 33 heavy (non-hydrogen) atoms. The van der Waals surface area contributed by atoms with Crippen LogP contribution >= 0.6 is 0 Å². The number of hydrogen-bond acceptors (Lipinski definition) is 8. The Balaban J connectivity index is 1.83. The zero-order valence-corrected chi connectivity index (χ0v) is 19.5. The first-order valence-corrected chi connectivity index (χ1v) is 10.8. The summed E-state index contributed by atoms with van der Waals surface area (Å²) in [7, 11) is 0. The Hall–Kier alpha value is -2.92. The number of halogens is 2. The van der Waals surface area contributed by atoms with Gasteiger partial charge >= 0.3 is 5.92 Å². The van der Waals surface area contributed by atoms with Crippen LogP contribution in [-0.2, 0) is 15.5 Å². The molecule has 1 aliphatic rings. The minimum atomic E-state index is -3.19. The maximum absolute atomic E-state index is 13.8. The highest BCUT2D eigenvalue weighted by molar-refractivity contribution is 5.88. The Kier molecular flexibility index (Phi) is 7.75.